The summed E-state index contributed by atoms with van der Waals surface area (Å²) in [5.74, 6) is -0.241. The second-order valence-corrected chi connectivity index (χ2v) is 7.91. The zero-order valence-corrected chi connectivity index (χ0v) is 15.7. The van der Waals surface area contributed by atoms with E-state index >= 15 is 0 Å². The number of sulfonamides is 1. The van der Waals surface area contributed by atoms with Crippen LogP contribution in [-0.4, -0.2) is 14.3 Å². The lowest BCUT2D eigenvalue weighted by molar-refractivity contribution is -0.114. The molecular formula is C15H13Cl3N2O3S. The number of nitrogens with one attached hydrogen (secondary N) is 2. The summed E-state index contributed by atoms with van der Waals surface area (Å²) in [6, 6.07) is 7.03. The molecule has 9 heteroatoms. The van der Waals surface area contributed by atoms with Gasteiger partial charge in [-0.15, -0.1) is 0 Å². The van der Waals surface area contributed by atoms with Crippen molar-refractivity contribution in [3.63, 3.8) is 0 Å². The third kappa shape index (κ3) is 4.33. The number of aryl methyl sites for hydroxylation is 1. The average Bonchev–Trinajstić information content (AvgIpc) is 2.46. The van der Waals surface area contributed by atoms with E-state index in [1.165, 1.54) is 37.3 Å². The average molecular weight is 408 g/mol. The maximum Gasteiger partial charge on any atom is 0.261 e. The van der Waals surface area contributed by atoms with Gasteiger partial charge in [0.05, 0.1) is 25.7 Å². The standard InChI is InChI=1S/C15H13Cl3N2O3S/c1-8-5-10(3-4-14(8)19-9(2)21)24(22,23)20-15-7-12(17)11(16)6-13(15)18/h3-7,20H,1-2H3,(H,19,21). The second kappa shape index (κ2) is 7.19. The van der Waals surface area contributed by atoms with Gasteiger partial charge in [0.2, 0.25) is 5.91 Å². The zero-order valence-electron chi connectivity index (χ0n) is 12.7. The van der Waals surface area contributed by atoms with Crippen molar-refractivity contribution in [2.45, 2.75) is 18.7 Å². The number of carbonyl (C=O) groups is 1. The van der Waals surface area contributed by atoms with Gasteiger partial charge < -0.3 is 5.32 Å². The predicted octanol–water partition coefficient (Wildman–Crippen LogP) is 4.71. The summed E-state index contributed by atoms with van der Waals surface area (Å²) < 4.78 is 27.4. The number of hydrogen-bond acceptors (Lipinski definition) is 3. The first-order chi connectivity index (χ1) is 11.1. The maximum atomic E-state index is 12.5. The minimum absolute atomic E-state index is 0.0243. The molecule has 2 N–H and O–H groups in total. The summed E-state index contributed by atoms with van der Waals surface area (Å²) in [6.45, 7) is 3.06. The van der Waals surface area contributed by atoms with Crippen molar-refractivity contribution in [3.05, 3.63) is 51.0 Å². The molecule has 0 spiro atoms. The smallest absolute Gasteiger partial charge is 0.261 e. The fraction of sp³-hybridized carbons (Fsp3) is 0.133. The molecule has 1 amide bonds. The van der Waals surface area contributed by atoms with Crippen molar-refractivity contribution in [2.75, 3.05) is 10.0 Å². The molecule has 0 saturated carbocycles. The van der Waals surface area contributed by atoms with E-state index < -0.39 is 10.0 Å². The number of anilines is 2. The Balaban J connectivity index is 2.36. The molecule has 0 bridgehead atoms. The number of rotatable bonds is 4. The van der Waals surface area contributed by atoms with E-state index in [2.05, 4.69) is 10.0 Å². The van der Waals surface area contributed by atoms with Crippen LogP contribution in [-0.2, 0) is 14.8 Å². The van der Waals surface area contributed by atoms with Crippen LogP contribution in [0, 0.1) is 6.92 Å². The monoisotopic (exact) mass is 406 g/mol. The van der Waals surface area contributed by atoms with Crippen LogP contribution in [0.3, 0.4) is 0 Å². The van der Waals surface area contributed by atoms with Crippen LogP contribution in [0.2, 0.25) is 15.1 Å². The van der Waals surface area contributed by atoms with Crippen molar-refractivity contribution in [1.82, 2.24) is 0 Å². The number of hydrogen-bond donors (Lipinski definition) is 2. The summed E-state index contributed by atoms with van der Waals surface area (Å²) in [4.78, 5) is 11.1. The van der Waals surface area contributed by atoms with Gasteiger partial charge in [-0.05, 0) is 42.8 Å². The van der Waals surface area contributed by atoms with Gasteiger partial charge in [-0.1, -0.05) is 34.8 Å². The van der Waals surface area contributed by atoms with E-state index in [4.69, 9.17) is 34.8 Å². The van der Waals surface area contributed by atoms with E-state index in [0.717, 1.165) is 0 Å². The molecule has 0 aromatic heterocycles. The molecule has 0 unspecified atom stereocenters. The van der Waals surface area contributed by atoms with Crippen LogP contribution < -0.4 is 10.0 Å². The molecule has 0 aliphatic carbocycles. The normalized spacial score (nSPS) is 11.2. The third-order valence-corrected chi connectivity index (χ3v) is 5.47. The summed E-state index contributed by atoms with van der Waals surface area (Å²) in [5.41, 5.74) is 1.26. The lowest BCUT2D eigenvalue weighted by Gasteiger charge is -2.13. The third-order valence-electron chi connectivity index (χ3n) is 3.07. The van der Waals surface area contributed by atoms with E-state index in [1.54, 1.807) is 6.92 Å². The Morgan fingerprint density at radius 2 is 1.58 bits per heavy atom. The van der Waals surface area contributed by atoms with E-state index in [-0.39, 0.29) is 31.6 Å². The number of halogens is 3. The SMILES string of the molecule is CC(=O)Nc1ccc(S(=O)(=O)Nc2cc(Cl)c(Cl)cc2Cl)cc1C. The van der Waals surface area contributed by atoms with Gasteiger partial charge in [0.25, 0.3) is 10.0 Å². The van der Waals surface area contributed by atoms with Crippen molar-refractivity contribution in [3.8, 4) is 0 Å². The van der Waals surface area contributed by atoms with Gasteiger partial charge in [-0.25, -0.2) is 8.42 Å². The lowest BCUT2D eigenvalue weighted by Crippen LogP contribution is -2.14. The molecule has 24 heavy (non-hydrogen) atoms. The van der Waals surface area contributed by atoms with Gasteiger partial charge in [0, 0.05) is 12.6 Å². The minimum atomic E-state index is -3.88. The quantitative estimate of drug-likeness (QED) is 0.720. The zero-order chi connectivity index (χ0) is 18.1. The Hall–Kier alpha value is -1.47. The molecule has 0 aliphatic rings. The molecule has 128 valence electrons. The predicted molar refractivity (Wildman–Crippen MR) is 97.8 cm³/mol. The highest BCUT2D eigenvalue weighted by atomic mass is 35.5. The molecule has 0 aliphatic heterocycles. The fourth-order valence-electron chi connectivity index (χ4n) is 1.94. The number of benzene rings is 2. The molecule has 2 aromatic carbocycles. The molecule has 0 saturated heterocycles. The Morgan fingerprint density at radius 1 is 0.958 bits per heavy atom. The summed E-state index contributed by atoms with van der Waals surface area (Å²) in [5, 5.41) is 3.14. The summed E-state index contributed by atoms with van der Waals surface area (Å²) >= 11 is 17.7. The van der Waals surface area contributed by atoms with Gasteiger partial charge in [-0.2, -0.15) is 0 Å². The highest BCUT2D eigenvalue weighted by molar-refractivity contribution is 7.92. The molecular weight excluding hydrogens is 395 g/mol. The van der Waals surface area contributed by atoms with Crippen LogP contribution in [0.4, 0.5) is 11.4 Å². The van der Waals surface area contributed by atoms with Crippen LogP contribution in [0.15, 0.2) is 35.2 Å². The highest BCUT2D eigenvalue weighted by Crippen LogP contribution is 2.33. The van der Waals surface area contributed by atoms with Crippen LogP contribution in [0.25, 0.3) is 0 Å². The van der Waals surface area contributed by atoms with Gasteiger partial charge >= 0.3 is 0 Å². The lowest BCUT2D eigenvalue weighted by atomic mass is 10.2. The maximum absolute atomic E-state index is 12.5. The van der Waals surface area contributed by atoms with Crippen molar-refractivity contribution >= 4 is 62.1 Å². The number of carbonyl (C=O) groups excluding carboxylic acids is 1. The first-order valence-corrected chi connectivity index (χ1v) is 9.27. The van der Waals surface area contributed by atoms with E-state index in [0.29, 0.717) is 11.3 Å². The van der Waals surface area contributed by atoms with E-state index in [9.17, 15) is 13.2 Å². The molecule has 0 fully saturated rings. The van der Waals surface area contributed by atoms with Crippen LogP contribution in [0.1, 0.15) is 12.5 Å². The Morgan fingerprint density at radius 3 is 2.17 bits per heavy atom. The van der Waals surface area contributed by atoms with Gasteiger partial charge in [0.1, 0.15) is 0 Å². The van der Waals surface area contributed by atoms with Crippen molar-refractivity contribution in [2.24, 2.45) is 0 Å². The largest absolute Gasteiger partial charge is 0.326 e. The Kier molecular flexibility index (Phi) is 5.65. The van der Waals surface area contributed by atoms with Crippen molar-refractivity contribution in [1.29, 1.82) is 0 Å². The summed E-state index contributed by atoms with van der Waals surface area (Å²) in [7, 11) is -3.88. The van der Waals surface area contributed by atoms with Gasteiger partial charge in [0.15, 0.2) is 0 Å². The first kappa shape index (κ1) is 18.9. The van der Waals surface area contributed by atoms with Crippen molar-refractivity contribution < 1.29 is 13.2 Å². The van der Waals surface area contributed by atoms with E-state index in [1.807, 2.05) is 0 Å². The topological polar surface area (TPSA) is 75.3 Å². The van der Waals surface area contributed by atoms with Crippen LogP contribution >= 0.6 is 34.8 Å². The Labute approximate surface area is 155 Å². The summed E-state index contributed by atoms with van der Waals surface area (Å²) in [6.07, 6.45) is 0. The second-order valence-electron chi connectivity index (χ2n) is 5.01. The Bertz CT molecular complexity index is 914. The molecule has 0 radical (unpaired) electrons. The fourth-order valence-corrected chi connectivity index (χ4v) is 3.74. The molecule has 2 aromatic rings. The molecule has 2 rings (SSSR count). The minimum Gasteiger partial charge on any atom is -0.326 e. The molecule has 0 atom stereocenters. The number of amides is 1. The van der Waals surface area contributed by atoms with Gasteiger partial charge in [-0.3, -0.25) is 9.52 Å². The highest BCUT2D eigenvalue weighted by Gasteiger charge is 2.18. The molecule has 0 heterocycles. The molecule has 5 nitrogen and oxygen atoms in total. The first-order valence-electron chi connectivity index (χ1n) is 6.66. The van der Waals surface area contributed by atoms with Crippen LogP contribution in [0.5, 0.6) is 0 Å².